The molecule has 2 aromatic carbocycles. The van der Waals surface area contributed by atoms with Gasteiger partial charge in [0.05, 0.1) is 25.6 Å². The van der Waals surface area contributed by atoms with E-state index in [1.165, 1.54) is 5.56 Å². The molecular weight excluding hydrogens is 460 g/mol. The first-order chi connectivity index (χ1) is 17.0. The monoisotopic (exact) mass is 488 g/mol. The number of nitrogens with zero attached hydrogens (tertiary/aromatic N) is 2. The fraction of sp³-hybridized carbons (Fsp3) is 0.222. The molecule has 35 heavy (non-hydrogen) atoms. The van der Waals surface area contributed by atoms with Gasteiger partial charge in [0.2, 0.25) is 5.91 Å². The summed E-state index contributed by atoms with van der Waals surface area (Å²) in [6.45, 7) is 2.06. The lowest BCUT2D eigenvalue weighted by Crippen LogP contribution is -2.13. The van der Waals surface area contributed by atoms with E-state index in [-0.39, 0.29) is 12.3 Å². The molecule has 4 rings (SSSR count). The molecule has 1 amide bonds. The van der Waals surface area contributed by atoms with Gasteiger partial charge < -0.3 is 19.8 Å². The van der Waals surface area contributed by atoms with Gasteiger partial charge in [-0.15, -0.1) is 0 Å². The summed E-state index contributed by atoms with van der Waals surface area (Å²) in [5.74, 6) is 1.80. The van der Waals surface area contributed by atoms with E-state index in [9.17, 15) is 4.79 Å². The molecule has 2 heterocycles. The van der Waals surface area contributed by atoms with E-state index < -0.39 is 0 Å². The molecule has 0 aliphatic carbocycles. The van der Waals surface area contributed by atoms with E-state index in [4.69, 9.17) is 14.5 Å². The third-order valence-corrected chi connectivity index (χ3v) is 6.21. The highest BCUT2D eigenvalue weighted by atomic mass is 32.2. The van der Waals surface area contributed by atoms with Gasteiger partial charge >= 0.3 is 0 Å². The number of imidazole rings is 1. The lowest BCUT2D eigenvalue weighted by molar-refractivity contribution is -0.116. The van der Waals surface area contributed by atoms with Crippen molar-refractivity contribution < 1.29 is 14.3 Å². The summed E-state index contributed by atoms with van der Waals surface area (Å²) in [5.41, 5.74) is 5.78. The first kappa shape index (κ1) is 24.3. The van der Waals surface area contributed by atoms with E-state index >= 15 is 0 Å². The van der Waals surface area contributed by atoms with Crippen LogP contribution < -0.4 is 14.8 Å². The van der Waals surface area contributed by atoms with Gasteiger partial charge in [0.25, 0.3) is 0 Å². The number of rotatable bonds is 9. The van der Waals surface area contributed by atoms with Crippen LogP contribution in [-0.2, 0) is 11.2 Å². The molecule has 180 valence electrons. The number of anilines is 1. The van der Waals surface area contributed by atoms with Gasteiger partial charge in [-0.2, -0.15) is 0 Å². The fourth-order valence-corrected chi connectivity index (χ4v) is 4.15. The summed E-state index contributed by atoms with van der Waals surface area (Å²) in [7, 11) is 3.23. The van der Waals surface area contributed by atoms with Gasteiger partial charge in [-0.3, -0.25) is 4.79 Å². The number of H-pyrrole nitrogens is 1. The molecule has 8 heteroatoms. The van der Waals surface area contributed by atoms with Crippen LogP contribution in [0.15, 0.2) is 66.0 Å². The van der Waals surface area contributed by atoms with Gasteiger partial charge in [0, 0.05) is 23.7 Å². The normalized spacial score (nSPS) is 10.7. The molecule has 0 radical (unpaired) electrons. The van der Waals surface area contributed by atoms with Gasteiger partial charge in [-0.1, -0.05) is 41.6 Å². The van der Waals surface area contributed by atoms with Crippen molar-refractivity contribution >= 4 is 23.5 Å². The molecule has 0 atom stereocenters. The largest absolute Gasteiger partial charge is 0.497 e. The molecular formula is C27H28N4O3S. The lowest BCUT2D eigenvalue weighted by atomic mass is 10.0. The van der Waals surface area contributed by atoms with Gasteiger partial charge in [-0.25, -0.2) is 9.97 Å². The SMILES string of the molecule is COc1ccc(OC)c(CCC(=O)Nc2cc(-c3nc(SC)[nH]c3-c3ccc(C)cc3)ccn2)c1. The summed E-state index contributed by atoms with van der Waals surface area (Å²) in [5, 5.41) is 3.73. The number of aryl methyl sites for hydroxylation is 2. The fourth-order valence-electron chi connectivity index (χ4n) is 3.76. The first-order valence-corrected chi connectivity index (χ1v) is 12.4. The van der Waals surface area contributed by atoms with Crippen molar-refractivity contribution in [2.24, 2.45) is 0 Å². The van der Waals surface area contributed by atoms with Gasteiger partial charge in [0.15, 0.2) is 5.16 Å². The Morgan fingerprint density at radius 1 is 1.03 bits per heavy atom. The number of nitrogens with one attached hydrogen (secondary N) is 2. The second-order valence-electron chi connectivity index (χ2n) is 7.99. The van der Waals surface area contributed by atoms with Crippen molar-refractivity contribution in [3.8, 4) is 34.0 Å². The molecule has 0 aliphatic rings. The average molecular weight is 489 g/mol. The Balaban J connectivity index is 1.52. The topological polar surface area (TPSA) is 89.1 Å². The number of aromatic amines is 1. The number of aromatic nitrogens is 3. The summed E-state index contributed by atoms with van der Waals surface area (Å²) in [4.78, 5) is 25.2. The number of methoxy groups -OCH3 is 2. The first-order valence-electron chi connectivity index (χ1n) is 11.2. The summed E-state index contributed by atoms with van der Waals surface area (Å²) >= 11 is 1.55. The molecule has 0 saturated carbocycles. The molecule has 0 unspecified atom stereocenters. The van der Waals surface area contributed by atoms with Crippen LogP contribution in [0.5, 0.6) is 11.5 Å². The van der Waals surface area contributed by atoms with Crippen LogP contribution in [0, 0.1) is 6.92 Å². The maximum absolute atomic E-state index is 12.7. The number of thioether (sulfide) groups is 1. The maximum atomic E-state index is 12.7. The predicted molar refractivity (Wildman–Crippen MR) is 140 cm³/mol. The number of benzene rings is 2. The van der Waals surface area contributed by atoms with Crippen LogP contribution in [0.4, 0.5) is 5.82 Å². The lowest BCUT2D eigenvalue weighted by Gasteiger charge is -2.11. The highest BCUT2D eigenvalue weighted by Gasteiger charge is 2.15. The number of ether oxygens (including phenoxy) is 2. The van der Waals surface area contributed by atoms with Crippen molar-refractivity contribution in [3.05, 3.63) is 71.9 Å². The molecule has 2 aromatic heterocycles. The highest BCUT2D eigenvalue weighted by Crippen LogP contribution is 2.33. The van der Waals surface area contributed by atoms with E-state index in [0.717, 1.165) is 44.7 Å². The van der Waals surface area contributed by atoms with Crippen LogP contribution in [0.25, 0.3) is 22.5 Å². The number of carbonyl (C=O) groups is 1. The average Bonchev–Trinajstić information content (AvgIpc) is 3.32. The number of amides is 1. The van der Waals surface area contributed by atoms with E-state index in [1.54, 1.807) is 32.2 Å². The quantitative estimate of drug-likeness (QED) is 0.291. The number of pyridine rings is 1. The smallest absolute Gasteiger partial charge is 0.225 e. The highest BCUT2D eigenvalue weighted by molar-refractivity contribution is 7.98. The van der Waals surface area contributed by atoms with Crippen LogP contribution >= 0.6 is 11.8 Å². The molecule has 0 spiro atoms. The Hall–Kier alpha value is -3.78. The van der Waals surface area contributed by atoms with Crippen LogP contribution in [0.3, 0.4) is 0 Å². The van der Waals surface area contributed by atoms with Crippen LogP contribution in [0.2, 0.25) is 0 Å². The Morgan fingerprint density at radius 3 is 2.54 bits per heavy atom. The number of hydrogen-bond acceptors (Lipinski definition) is 6. The molecule has 7 nitrogen and oxygen atoms in total. The zero-order valence-corrected chi connectivity index (χ0v) is 21.0. The third kappa shape index (κ3) is 5.84. The minimum absolute atomic E-state index is 0.134. The molecule has 4 aromatic rings. The molecule has 0 bridgehead atoms. The van der Waals surface area contributed by atoms with E-state index in [1.807, 2.05) is 36.6 Å². The van der Waals surface area contributed by atoms with E-state index in [2.05, 4.69) is 46.5 Å². The summed E-state index contributed by atoms with van der Waals surface area (Å²) in [6, 6.07) is 17.6. The third-order valence-electron chi connectivity index (χ3n) is 5.63. The summed E-state index contributed by atoms with van der Waals surface area (Å²) in [6.07, 6.45) is 4.46. The molecule has 0 aliphatic heterocycles. The molecule has 0 fully saturated rings. The summed E-state index contributed by atoms with van der Waals surface area (Å²) < 4.78 is 10.7. The van der Waals surface area contributed by atoms with Crippen molar-refractivity contribution in [2.75, 3.05) is 25.8 Å². The number of carbonyl (C=O) groups excluding carboxylic acids is 1. The maximum Gasteiger partial charge on any atom is 0.225 e. The second kappa shape index (κ2) is 11.1. The Labute approximate surface area is 209 Å². The zero-order chi connectivity index (χ0) is 24.8. The van der Waals surface area contributed by atoms with Gasteiger partial charge in [-0.05, 0) is 55.5 Å². The van der Waals surface area contributed by atoms with E-state index in [0.29, 0.717) is 12.2 Å². The van der Waals surface area contributed by atoms with Crippen LogP contribution in [-0.4, -0.2) is 41.3 Å². The minimum Gasteiger partial charge on any atom is -0.497 e. The van der Waals surface area contributed by atoms with Gasteiger partial charge in [0.1, 0.15) is 17.3 Å². The Morgan fingerprint density at radius 2 is 1.83 bits per heavy atom. The number of hydrogen-bond donors (Lipinski definition) is 2. The minimum atomic E-state index is -0.134. The Bertz CT molecular complexity index is 1320. The van der Waals surface area contributed by atoms with Crippen molar-refractivity contribution in [3.63, 3.8) is 0 Å². The second-order valence-corrected chi connectivity index (χ2v) is 8.79. The van der Waals surface area contributed by atoms with Crippen molar-refractivity contribution in [1.29, 1.82) is 0 Å². The molecule has 0 saturated heterocycles. The standard InChI is InChI=1S/C27H28N4O3S/c1-17-5-7-18(8-6-17)25-26(31-27(30-25)35-4)20-13-14-28-23(16-20)29-24(32)12-9-19-15-21(33-2)10-11-22(19)34-3/h5-8,10-11,13-16H,9,12H2,1-4H3,(H,30,31)(H,28,29,32). The van der Waals surface area contributed by atoms with Crippen molar-refractivity contribution in [1.82, 2.24) is 15.0 Å². The van der Waals surface area contributed by atoms with Crippen molar-refractivity contribution in [2.45, 2.75) is 24.9 Å². The molecule has 2 N–H and O–H groups in total. The predicted octanol–water partition coefficient (Wildman–Crippen LogP) is 5.76. The Kier molecular flexibility index (Phi) is 7.72. The van der Waals surface area contributed by atoms with Crippen LogP contribution in [0.1, 0.15) is 17.5 Å². The zero-order valence-electron chi connectivity index (χ0n) is 20.2.